The molecule has 7 N–H and O–H groups in total. The quantitative estimate of drug-likeness (QED) is 0.116. The number of ether oxygens (including phenoxy) is 9. The molecule has 4 aliphatic heterocycles. The lowest BCUT2D eigenvalue weighted by molar-refractivity contribution is -0.329. The smallest absolute Gasteiger partial charge is 0.340 e. The zero-order chi connectivity index (χ0) is 61.7. The highest BCUT2D eigenvalue weighted by Crippen LogP contribution is 2.82. The van der Waals surface area contributed by atoms with Crippen molar-refractivity contribution in [1.82, 2.24) is 0 Å². The van der Waals surface area contributed by atoms with Gasteiger partial charge in [0.2, 0.25) is 0 Å². The van der Waals surface area contributed by atoms with Crippen molar-refractivity contribution in [2.75, 3.05) is 37.9 Å². The second-order valence-corrected chi connectivity index (χ2v) is 28.6. The molecule has 12 aliphatic rings. The summed E-state index contributed by atoms with van der Waals surface area (Å²) in [7, 11) is 3.42. The molecule has 0 bridgehead atoms. The summed E-state index contributed by atoms with van der Waals surface area (Å²) < 4.78 is 56.4. The van der Waals surface area contributed by atoms with E-state index in [2.05, 4.69) is 10.6 Å². The van der Waals surface area contributed by atoms with Crippen molar-refractivity contribution in [1.29, 1.82) is 0 Å². The highest BCUT2D eigenvalue weighted by molar-refractivity contribution is 6.06. The highest BCUT2D eigenvalue weighted by Gasteiger charge is 2.96. The Labute approximate surface area is 493 Å². The number of nitrogens with one attached hydrogen (secondary N) is 2. The van der Waals surface area contributed by atoms with Crippen molar-refractivity contribution < 1.29 is 92.1 Å². The van der Waals surface area contributed by atoms with Crippen molar-refractivity contribution in [3.8, 4) is 0 Å². The van der Waals surface area contributed by atoms with E-state index < -0.39 is 181 Å². The van der Waals surface area contributed by atoms with Crippen LogP contribution in [0.3, 0.4) is 0 Å². The van der Waals surface area contributed by atoms with Crippen LogP contribution in [0.5, 0.6) is 0 Å². The van der Waals surface area contributed by atoms with Crippen LogP contribution in [-0.4, -0.2) is 175 Å². The van der Waals surface area contributed by atoms with Gasteiger partial charge in [0.25, 0.3) is 0 Å². The average molecular weight is 1180 g/mol. The van der Waals surface area contributed by atoms with E-state index in [0.29, 0.717) is 33.6 Å². The standard InChI is InChI=1S/C33H41NO10.C31H39NO9/c1-15-13-20-31(38)16(2)24(41-17(3)35)33(43-26(37)18-11-9-10-12-19(18)34-8)22(28(33,4)5)21(31)25-30(42-25)14-40-29(6,7)44-27(30)32(20,39)23(15)36;1-14-12-18-29(36)15(2)22(34)31(40-24(35)16-10-8-9-11-17(16)32-7)20(26(31,3)4)19(29)23-28(39-23)13-38-27(5,6)41-25(28)30(18,37)21(14)33/h9-13,16,20-22,24-25,27,34,38-39H,14H2,1-8H3;8-12,15,18-20,22-23,25,32,34,36-37H,13H2,1-7H3/t16-,20+,21-,22-,24-,25+,27-,30+,31+,32-,33-;15-,18+,19-,20-,22-,23+,25-,28+,29+,30-,31-/m11/s1. The number of hydrogen-bond donors (Lipinski definition) is 7. The normalized spacial score (nSPS) is 48.2. The topological polar surface area (TPSA) is 300 Å². The van der Waals surface area contributed by atoms with Crippen LogP contribution in [0, 0.1) is 58.2 Å². The fourth-order valence-electron chi connectivity index (χ4n) is 19.0. The minimum Gasteiger partial charge on any atom is -0.458 e. The molecule has 4 heterocycles. The molecule has 22 atom stereocenters. The number of para-hydroxylation sites is 2. The molecule has 2 aromatic carbocycles. The lowest BCUT2D eigenvalue weighted by Gasteiger charge is -2.54. The third kappa shape index (κ3) is 6.95. The molecule has 0 radical (unpaired) electrons. The third-order valence-electron chi connectivity index (χ3n) is 23.2. The average Bonchev–Trinajstić information content (AvgIpc) is 1.46. The lowest BCUT2D eigenvalue weighted by atomic mass is 9.58. The van der Waals surface area contributed by atoms with Crippen LogP contribution in [0.25, 0.3) is 0 Å². The summed E-state index contributed by atoms with van der Waals surface area (Å²) >= 11 is 0. The van der Waals surface area contributed by atoms with Crippen LogP contribution < -0.4 is 10.6 Å². The second-order valence-electron chi connectivity index (χ2n) is 28.6. The fourth-order valence-corrected chi connectivity index (χ4v) is 19.0. The zero-order valence-corrected chi connectivity index (χ0v) is 50.7. The van der Waals surface area contributed by atoms with E-state index in [9.17, 15) is 49.5 Å². The number of ketones is 2. The first-order chi connectivity index (χ1) is 39.5. The Morgan fingerprint density at radius 2 is 0.976 bits per heavy atom. The Morgan fingerprint density at radius 3 is 1.40 bits per heavy atom. The number of fused-ring (bicyclic) bond motifs is 14. The second kappa shape index (κ2) is 17.6. The van der Waals surface area contributed by atoms with Gasteiger partial charge in [-0.2, -0.15) is 0 Å². The number of esters is 3. The Hall–Kier alpha value is -5.17. The molecule has 2 spiro atoms. The largest absolute Gasteiger partial charge is 0.458 e. The molecular weight excluding hydrogens is 1100 g/mol. The summed E-state index contributed by atoms with van der Waals surface area (Å²) in [4.78, 5) is 67.9. The molecule has 10 fully saturated rings. The van der Waals surface area contributed by atoms with Crippen molar-refractivity contribution >= 4 is 40.8 Å². The number of benzene rings is 2. The Bertz CT molecular complexity index is 3360. The molecule has 21 nitrogen and oxygen atoms in total. The first-order valence-corrected chi connectivity index (χ1v) is 29.7. The van der Waals surface area contributed by atoms with E-state index in [1.54, 1.807) is 124 Å². The molecule has 6 saturated carbocycles. The number of rotatable bonds is 7. The van der Waals surface area contributed by atoms with Crippen LogP contribution in [0.1, 0.15) is 111 Å². The molecule has 14 rings (SSSR count). The number of aliphatic hydroxyl groups is 5. The van der Waals surface area contributed by atoms with Gasteiger partial charge in [-0.1, -0.05) is 78.0 Å². The van der Waals surface area contributed by atoms with Gasteiger partial charge in [-0.25, -0.2) is 9.59 Å². The van der Waals surface area contributed by atoms with E-state index in [4.69, 9.17) is 42.6 Å². The van der Waals surface area contributed by atoms with Crippen molar-refractivity contribution in [3.63, 3.8) is 0 Å². The number of Topliss-reactive ketones (excluding diaryl/α,β-unsaturated/α-hetero) is 2. The van der Waals surface area contributed by atoms with Gasteiger partial charge < -0.3 is 78.8 Å². The number of carbonyl (C=O) groups is 5. The molecule has 0 unspecified atom stereocenters. The maximum Gasteiger partial charge on any atom is 0.340 e. The summed E-state index contributed by atoms with van der Waals surface area (Å²) in [5, 5.41) is 69.1. The van der Waals surface area contributed by atoms with Gasteiger partial charge in [0.1, 0.15) is 35.1 Å². The van der Waals surface area contributed by atoms with Crippen LogP contribution in [0.4, 0.5) is 11.4 Å². The number of hydrogen-bond acceptors (Lipinski definition) is 21. The van der Waals surface area contributed by atoms with Gasteiger partial charge in [-0.3, -0.25) is 14.4 Å². The maximum absolute atomic E-state index is 13.9. The van der Waals surface area contributed by atoms with Gasteiger partial charge in [-0.15, -0.1) is 0 Å². The number of aliphatic hydroxyl groups excluding tert-OH is 1. The Kier molecular flexibility index (Phi) is 12.2. The van der Waals surface area contributed by atoms with Crippen LogP contribution >= 0.6 is 0 Å². The molecule has 0 amide bonds. The van der Waals surface area contributed by atoms with Gasteiger partial charge >= 0.3 is 17.9 Å². The number of epoxide rings is 2. The van der Waals surface area contributed by atoms with E-state index in [1.165, 1.54) is 6.92 Å². The first-order valence-electron chi connectivity index (χ1n) is 29.7. The van der Waals surface area contributed by atoms with Gasteiger partial charge in [-0.05, 0) is 77.0 Å². The maximum atomic E-state index is 13.9. The SMILES string of the molecule is CNc1ccccc1C(=O)O[C@@]12[C@H](O)[C@@H](C)[C@@]3(O)[C@H]([C@@H]1C2(C)C)[C@@H]1O[C@@]12COC(C)(C)O[C@H]2[C@]1(O)C(=O)C(C)=C[C@H]13.CNc1ccccc1C(=O)O[C@@]12[C@H](OC(C)=O)[C@@H](C)[C@@]3(O)[C@H]([C@@H]1C2(C)C)[C@@H]1O[C@@]12COC(C)(C)O[C@H]2[C@]1(O)C(=O)C(C)=C[C@H]13. The lowest BCUT2D eigenvalue weighted by Crippen LogP contribution is -2.70. The van der Waals surface area contributed by atoms with Gasteiger partial charge in [0.05, 0.1) is 53.9 Å². The Morgan fingerprint density at radius 1 is 0.588 bits per heavy atom. The van der Waals surface area contributed by atoms with Gasteiger partial charge in [0, 0.05) is 90.6 Å². The van der Waals surface area contributed by atoms with Crippen molar-refractivity contribution in [3.05, 3.63) is 83.0 Å². The minimum absolute atomic E-state index is 0.0283. The van der Waals surface area contributed by atoms with E-state index >= 15 is 0 Å². The van der Waals surface area contributed by atoms with Crippen LogP contribution in [0.15, 0.2) is 71.8 Å². The van der Waals surface area contributed by atoms with E-state index in [1.807, 2.05) is 33.8 Å². The predicted octanol–water partition coefficient (Wildman–Crippen LogP) is 4.20. The molecule has 85 heavy (non-hydrogen) atoms. The van der Waals surface area contributed by atoms with E-state index in [0.717, 1.165) is 0 Å². The fraction of sp³-hybridized carbons (Fsp3) is 0.672. The Balaban J connectivity index is 0.000000159. The van der Waals surface area contributed by atoms with Crippen molar-refractivity contribution in [2.24, 2.45) is 58.2 Å². The van der Waals surface area contributed by atoms with Gasteiger partial charge in [0.15, 0.2) is 39.9 Å². The van der Waals surface area contributed by atoms with Crippen LogP contribution in [0.2, 0.25) is 0 Å². The predicted molar refractivity (Wildman–Crippen MR) is 299 cm³/mol. The molecule has 2 aromatic rings. The molecule has 8 aliphatic carbocycles. The van der Waals surface area contributed by atoms with Crippen molar-refractivity contribution in [2.45, 2.75) is 183 Å². The minimum atomic E-state index is -2.18. The monoisotopic (exact) mass is 1180 g/mol. The molecule has 21 heteroatoms. The number of carbonyl (C=O) groups excluding carboxylic acids is 5. The molecular formula is C64H80N2O19. The molecule has 0 aromatic heterocycles. The summed E-state index contributed by atoms with van der Waals surface area (Å²) in [5.41, 5.74) is -12.2. The van der Waals surface area contributed by atoms with Crippen LogP contribution in [-0.2, 0) is 57.0 Å². The summed E-state index contributed by atoms with van der Waals surface area (Å²) in [6.07, 6.45) is -2.80. The molecule has 460 valence electrons. The zero-order valence-electron chi connectivity index (χ0n) is 50.7. The summed E-state index contributed by atoms with van der Waals surface area (Å²) in [5.74, 6) is -11.8. The van der Waals surface area contributed by atoms with E-state index in [-0.39, 0.29) is 13.2 Å². The summed E-state index contributed by atoms with van der Waals surface area (Å²) in [6.45, 7) is 22.5. The first kappa shape index (κ1) is 58.8. The molecule has 4 saturated heterocycles. The summed E-state index contributed by atoms with van der Waals surface area (Å²) in [6, 6.07) is 13.9. The number of anilines is 2. The third-order valence-corrected chi connectivity index (χ3v) is 23.2. The highest BCUT2D eigenvalue weighted by atomic mass is 16.8.